The van der Waals surface area contributed by atoms with E-state index in [1.54, 1.807) is 6.07 Å². The molecule has 0 spiro atoms. The maximum absolute atomic E-state index is 11.9. The molecule has 2 N–H and O–H groups in total. The Hall–Kier alpha value is -2.08. The summed E-state index contributed by atoms with van der Waals surface area (Å²) in [6, 6.07) is 8.02. The number of methoxy groups -OCH3 is 1. The Morgan fingerprint density at radius 1 is 1.22 bits per heavy atom. The summed E-state index contributed by atoms with van der Waals surface area (Å²) in [5.41, 5.74) is 1.56. The number of piperidine rings is 1. The molecule has 0 aliphatic carbocycles. The van der Waals surface area contributed by atoms with E-state index in [-0.39, 0.29) is 11.9 Å². The van der Waals surface area contributed by atoms with Crippen LogP contribution in [-0.4, -0.2) is 51.2 Å². The highest BCUT2D eigenvalue weighted by atomic mass is 16.5. The van der Waals surface area contributed by atoms with E-state index < -0.39 is 0 Å². The topological polar surface area (TPSA) is 70.7 Å². The first kappa shape index (κ1) is 17.3. The van der Waals surface area contributed by atoms with Crippen LogP contribution in [-0.2, 0) is 9.53 Å². The third kappa shape index (κ3) is 4.96. The number of hydrogen-bond acceptors (Lipinski definition) is 5. The number of ether oxygens (including phenoxy) is 1. The fourth-order valence-electron chi connectivity index (χ4n) is 2.87. The van der Waals surface area contributed by atoms with E-state index in [4.69, 9.17) is 4.74 Å². The molecule has 2 rings (SSSR count). The molecule has 1 aromatic carbocycles. The van der Waals surface area contributed by atoms with Crippen molar-refractivity contribution < 1.29 is 14.3 Å². The smallest absolute Gasteiger partial charge is 0.339 e. The van der Waals surface area contributed by atoms with Gasteiger partial charge in [0.05, 0.1) is 18.4 Å². The van der Waals surface area contributed by atoms with Crippen molar-refractivity contribution in [2.24, 2.45) is 0 Å². The predicted octanol–water partition coefficient (Wildman–Crippen LogP) is 1.17. The molecule has 1 amide bonds. The Kier molecular flexibility index (Phi) is 6.40. The minimum Gasteiger partial charge on any atom is -0.465 e. The molecule has 0 saturated carbocycles. The summed E-state index contributed by atoms with van der Waals surface area (Å²) in [5, 5.41) is 6.25. The highest BCUT2D eigenvalue weighted by molar-refractivity contribution is 5.95. The number of nitrogens with one attached hydrogen (secondary N) is 2. The molecule has 1 aromatic rings. The lowest BCUT2D eigenvalue weighted by atomic mass is 10.0. The number of anilines is 1. The van der Waals surface area contributed by atoms with Crippen molar-refractivity contribution in [3.8, 4) is 0 Å². The normalized spacial score (nSPS) is 15.3. The van der Waals surface area contributed by atoms with Crippen LogP contribution in [0.5, 0.6) is 0 Å². The molecule has 0 unspecified atom stereocenters. The average molecular weight is 319 g/mol. The number of amides is 1. The quantitative estimate of drug-likeness (QED) is 0.608. The number of para-hydroxylation sites is 1. The summed E-state index contributed by atoms with van der Waals surface area (Å²) in [6.07, 6.45) is 2.02. The van der Waals surface area contributed by atoms with Gasteiger partial charge in [0.2, 0.25) is 5.91 Å². The van der Waals surface area contributed by atoms with Crippen LogP contribution in [0.1, 0.15) is 30.1 Å². The summed E-state index contributed by atoms with van der Waals surface area (Å²) in [5.74, 6) is -0.294. The molecule has 1 fully saturated rings. The fourth-order valence-corrected chi connectivity index (χ4v) is 2.87. The Balaban J connectivity index is 1.85. The minimum atomic E-state index is -0.295. The second kappa shape index (κ2) is 8.53. The van der Waals surface area contributed by atoms with E-state index in [0.717, 1.165) is 38.2 Å². The van der Waals surface area contributed by atoms with E-state index in [9.17, 15) is 9.59 Å². The predicted molar refractivity (Wildman–Crippen MR) is 89.7 cm³/mol. The Morgan fingerprint density at radius 3 is 2.57 bits per heavy atom. The van der Waals surface area contributed by atoms with Gasteiger partial charge in [0.15, 0.2) is 0 Å². The van der Waals surface area contributed by atoms with Gasteiger partial charge in [-0.15, -0.1) is 0 Å². The molecular formula is C17H25N3O3. The van der Waals surface area contributed by atoms with Crippen molar-refractivity contribution >= 4 is 17.6 Å². The maximum Gasteiger partial charge on any atom is 0.339 e. The summed E-state index contributed by atoms with van der Waals surface area (Å²) in [7, 11) is 1.41. The van der Waals surface area contributed by atoms with E-state index in [2.05, 4.69) is 15.5 Å². The van der Waals surface area contributed by atoms with Crippen molar-refractivity contribution in [1.82, 2.24) is 10.6 Å². The van der Waals surface area contributed by atoms with E-state index >= 15 is 0 Å². The molecule has 1 heterocycles. The van der Waals surface area contributed by atoms with Crippen LogP contribution in [0.3, 0.4) is 0 Å². The van der Waals surface area contributed by atoms with Gasteiger partial charge < -0.3 is 20.3 Å². The van der Waals surface area contributed by atoms with Crippen molar-refractivity contribution in [2.75, 3.05) is 38.2 Å². The van der Waals surface area contributed by atoms with E-state index in [1.807, 2.05) is 18.2 Å². The second-order valence-corrected chi connectivity index (χ2v) is 5.71. The second-order valence-electron chi connectivity index (χ2n) is 5.71. The highest BCUT2D eigenvalue weighted by Crippen LogP contribution is 2.24. The Morgan fingerprint density at radius 2 is 1.91 bits per heavy atom. The monoisotopic (exact) mass is 319 g/mol. The molecule has 6 nitrogen and oxygen atoms in total. The zero-order chi connectivity index (χ0) is 16.7. The lowest BCUT2D eigenvalue weighted by Crippen LogP contribution is -2.44. The molecule has 6 heteroatoms. The van der Waals surface area contributed by atoms with Crippen molar-refractivity contribution in [3.05, 3.63) is 29.8 Å². The average Bonchev–Trinajstić information content (AvgIpc) is 2.58. The van der Waals surface area contributed by atoms with Gasteiger partial charge in [-0.2, -0.15) is 0 Å². The molecule has 1 aliphatic heterocycles. The molecule has 0 bridgehead atoms. The summed E-state index contributed by atoms with van der Waals surface area (Å²) in [4.78, 5) is 24.9. The lowest BCUT2D eigenvalue weighted by molar-refractivity contribution is -0.118. The lowest BCUT2D eigenvalue weighted by Gasteiger charge is -2.34. The van der Waals surface area contributed by atoms with Gasteiger partial charge in [-0.1, -0.05) is 12.1 Å². The van der Waals surface area contributed by atoms with Gasteiger partial charge in [-0.05, 0) is 25.0 Å². The van der Waals surface area contributed by atoms with Gasteiger partial charge in [0, 0.05) is 39.1 Å². The first-order valence-electron chi connectivity index (χ1n) is 8.02. The molecular weight excluding hydrogens is 294 g/mol. The van der Waals surface area contributed by atoms with E-state index in [1.165, 1.54) is 14.0 Å². The van der Waals surface area contributed by atoms with E-state index in [0.29, 0.717) is 18.2 Å². The highest BCUT2D eigenvalue weighted by Gasteiger charge is 2.22. The molecule has 1 aliphatic rings. The number of esters is 1. The maximum atomic E-state index is 11.9. The molecule has 23 heavy (non-hydrogen) atoms. The molecule has 126 valence electrons. The van der Waals surface area contributed by atoms with Crippen LogP contribution in [0, 0.1) is 0 Å². The summed E-state index contributed by atoms with van der Waals surface area (Å²) < 4.78 is 4.86. The largest absolute Gasteiger partial charge is 0.465 e. The van der Waals surface area contributed by atoms with Crippen LogP contribution in [0.4, 0.5) is 5.69 Å². The fraction of sp³-hybridized carbons (Fsp3) is 0.529. The van der Waals surface area contributed by atoms with Crippen LogP contribution >= 0.6 is 0 Å². The van der Waals surface area contributed by atoms with Crippen LogP contribution in [0.25, 0.3) is 0 Å². The first-order valence-corrected chi connectivity index (χ1v) is 8.02. The standard InChI is InChI=1S/C17H25N3O3/c1-13(21)18-9-10-19-14-7-11-20(12-8-14)16-6-4-3-5-15(16)17(22)23-2/h3-6,14,19H,7-12H2,1-2H3,(H,18,21). The molecule has 0 radical (unpaired) electrons. The zero-order valence-electron chi connectivity index (χ0n) is 13.8. The number of nitrogens with zero attached hydrogens (tertiary/aromatic N) is 1. The summed E-state index contributed by atoms with van der Waals surface area (Å²) >= 11 is 0. The number of hydrogen-bond donors (Lipinski definition) is 2. The zero-order valence-corrected chi connectivity index (χ0v) is 13.8. The van der Waals surface area contributed by atoms with Gasteiger partial charge in [-0.25, -0.2) is 4.79 Å². The number of rotatable bonds is 6. The first-order chi connectivity index (χ1) is 11.1. The van der Waals surface area contributed by atoms with Crippen LogP contribution in [0.15, 0.2) is 24.3 Å². The molecule has 0 aromatic heterocycles. The minimum absolute atomic E-state index is 0.000960. The van der Waals surface area contributed by atoms with Gasteiger partial charge in [-0.3, -0.25) is 4.79 Å². The Bertz CT molecular complexity index is 540. The summed E-state index contributed by atoms with van der Waals surface area (Å²) in [6.45, 7) is 4.75. The van der Waals surface area contributed by atoms with Crippen molar-refractivity contribution in [2.45, 2.75) is 25.8 Å². The van der Waals surface area contributed by atoms with Gasteiger partial charge in [0.25, 0.3) is 0 Å². The number of carbonyl (C=O) groups is 2. The molecule has 1 saturated heterocycles. The van der Waals surface area contributed by atoms with Gasteiger partial charge >= 0.3 is 5.97 Å². The van der Waals surface area contributed by atoms with Crippen LogP contribution in [0.2, 0.25) is 0 Å². The van der Waals surface area contributed by atoms with Crippen molar-refractivity contribution in [3.63, 3.8) is 0 Å². The SMILES string of the molecule is COC(=O)c1ccccc1N1CCC(NCCNC(C)=O)CC1. The number of carbonyl (C=O) groups excluding carboxylic acids is 2. The third-order valence-electron chi connectivity index (χ3n) is 4.08. The third-order valence-corrected chi connectivity index (χ3v) is 4.08. The van der Waals surface area contributed by atoms with Crippen LogP contribution < -0.4 is 15.5 Å². The Labute approximate surface area is 137 Å². The molecule has 0 atom stereocenters. The van der Waals surface area contributed by atoms with Gasteiger partial charge in [0.1, 0.15) is 0 Å². The van der Waals surface area contributed by atoms with Crippen molar-refractivity contribution in [1.29, 1.82) is 0 Å². The number of benzene rings is 1.